The normalized spacial score (nSPS) is 24.3. The van der Waals surface area contributed by atoms with E-state index in [0.717, 1.165) is 36.2 Å². The molecule has 1 saturated heterocycles. The van der Waals surface area contributed by atoms with Crippen LogP contribution in [0.3, 0.4) is 0 Å². The molecule has 3 heterocycles. The predicted molar refractivity (Wildman–Crippen MR) is 134 cm³/mol. The third-order valence-corrected chi connectivity index (χ3v) is 10.6. The van der Waals surface area contributed by atoms with Crippen molar-refractivity contribution < 1.29 is 22.8 Å². The van der Waals surface area contributed by atoms with Gasteiger partial charge in [0.15, 0.2) is 0 Å². The van der Waals surface area contributed by atoms with Gasteiger partial charge in [0.05, 0.1) is 23.1 Å². The zero-order chi connectivity index (χ0) is 24.5. The number of carbonyl (C=O) groups excluding carboxylic acids is 1. The van der Waals surface area contributed by atoms with Crippen molar-refractivity contribution in [3.63, 3.8) is 0 Å². The highest BCUT2D eigenvalue weighted by Crippen LogP contribution is 2.37. The molecule has 2 aliphatic heterocycles. The van der Waals surface area contributed by atoms with Gasteiger partial charge in [-0.25, -0.2) is 8.42 Å². The van der Waals surface area contributed by atoms with E-state index in [4.69, 9.17) is 21.2 Å². The smallest absolute Gasteiger partial charge is 0.269 e. The van der Waals surface area contributed by atoms with Gasteiger partial charge in [-0.05, 0) is 37.0 Å². The number of halogens is 1. The number of benzene rings is 1. The van der Waals surface area contributed by atoms with Crippen LogP contribution >= 0.6 is 22.9 Å². The average molecular weight is 538 g/mol. The number of nitrogens with one attached hydrogen (secondary N) is 1. The second-order valence-electron chi connectivity index (χ2n) is 9.30. The van der Waals surface area contributed by atoms with Gasteiger partial charge in [0.2, 0.25) is 0 Å². The second kappa shape index (κ2) is 10.2. The summed E-state index contributed by atoms with van der Waals surface area (Å²) in [5.41, 5.74) is 0.834. The third-order valence-electron chi connectivity index (χ3n) is 6.95. The first-order chi connectivity index (χ1) is 16.8. The number of sulfonamides is 1. The highest BCUT2D eigenvalue weighted by atomic mass is 35.5. The van der Waals surface area contributed by atoms with E-state index in [0.29, 0.717) is 49.0 Å². The van der Waals surface area contributed by atoms with Crippen LogP contribution in [0.5, 0.6) is 0 Å². The van der Waals surface area contributed by atoms with Crippen molar-refractivity contribution in [2.24, 2.45) is 5.16 Å². The van der Waals surface area contributed by atoms with Crippen molar-refractivity contribution in [1.29, 1.82) is 0 Å². The number of amides is 1. The number of nitrogens with zero attached hydrogens (tertiary/aromatic N) is 2. The van der Waals surface area contributed by atoms with Crippen molar-refractivity contribution in [2.45, 2.75) is 67.1 Å². The fourth-order valence-corrected chi connectivity index (χ4v) is 8.01. The SMILES string of the molecule is O=C(NC1CCCC1OCc1ccccc1)C1=NOC2(CCN(S(=O)(=O)c3ccc(Cl)s3)CC2)C1. The molecule has 1 aromatic heterocycles. The maximum Gasteiger partial charge on any atom is 0.269 e. The Balaban J connectivity index is 1.13. The number of piperidine rings is 1. The maximum atomic E-state index is 13.0. The Bertz CT molecular complexity index is 1190. The molecule has 1 aliphatic carbocycles. The van der Waals surface area contributed by atoms with Crippen LogP contribution in [-0.4, -0.2) is 55.2 Å². The first-order valence-corrected chi connectivity index (χ1v) is 14.5. The van der Waals surface area contributed by atoms with E-state index in [-0.39, 0.29) is 22.3 Å². The minimum Gasteiger partial charge on any atom is -0.388 e. The number of carbonyl (C=O) groups is 1. The summed E-state index contributed by atoms with van der Waals surface area (Å²) in [5, 5.41) is 7.20. The summed E-state index contributed by atoms with van der Waals surface area (Å²) in [7, 11) is -3.58. The molecular formula is C24H28ClN3O5S2. The Morgan fingerprint density at radius 1 is 1.20 bits per heavy atom. The maximum absolute atomic E-state index is 13.0. The van der Waals surface area contributed by atoms with Crippen LogP contribution < -0.4 is 5.32 Å². The summed E-state index contributed by atoms with van der Waals surface area (Å²) in [5.74, 6) is -0.231. The van der Waals surface area contributed by atoms with E-state index >= 15 is 0 Å². The molecule has 5 rings (SSSR count). The van der Waals surface area contributed by atoms with Crippen LogP contribution in [0.1, 0.15) is 44.1 Å². The molecule has 35 heavy (non-hydrogen) atoms. The van der Waals surface area contributed by atoms with E-state index in [1.54, 1.807) is 6.07 Å². The second-order valence-corrected chi connectivity index (χ2v) is 13.2. The third kappa shape index (κ3) is 5.41. The molecule has 3 aliphatic rings. The van der Waals surface area contributed by atoms with Gasteiger partial charge in [-0.1, -0.05) is 47.1 Å². The molecule has 2 unspecified atom stereocenters. The van der Waals surface area contributed by atoms with Gasteiger partial charge >= 0.3 is 0 Å². The fourth-order valence-electron chi connectivity index (χ4n) is 4.93. The molecule has 2 fully saturated rings. The van der Waals surface area contributed by atoms with Crippen molar-refractivity contribution in [1.82, 2.24) is 9.62 Å². The van der Waals surface area contributed by atoms with Gasteiger partial charge in [0, 0.05) is 32.4 Å². The monoisotopic (exact) mass is 537 g/mol. The van der Waals surface area contributed by atoms with Crippen LogP contribution in [0.4, 0.5) is 0 Å². The van der Waals surface area contributed by atoms with Gasteiger partial charge in [-0.15, -0.1) is 11.3 Å². The van der Waals surface area contributed by atoms with Gasteiger partial charge < -0.3 is 14.9 Å². The number of rotatable bonds is 7. The van der Waals surface area contributed by atoms with E-state index in [1.165, 1.54) is 10.4 Å². The summed E-state index contributed by atoms with van der Waals surface area (Å²) < 4.78 is 34.0. The van der Waals surface area contributed by atoms with Crippen molar-refractivity contribution in [3.05, 3.63) is 52.4 Å². The van der Waals surface area contributed by atoms with Crippen molar-refractivity contribution >= 4 is 44.6 Å². The van der Waals surface area contributed by atoms with Crippen LogP contribution in [0, 0.1) is 0 Å². The number of thiophene rings is 1. The van der Waals surface area contributed by atoms with Gasteiger partial charge in [-0.3, -0.25) is 4.79 Å². The van der Waals surface area contributed by atoms with E-state index in [2.05, 4.69) is 10.5 Å². The van der Waals surface area contributed by atoms with Crippen LogP contribution in [0.25, 0.3) is 0 Å². The van der Waals surface area contributed by atoms with E-state index < -0.39 is 15.6 Å². The molecule has 2 atom stereocenters. The quantitative estimate of drug-likeness (QED) is 0.576. The van der Waals surface area contributed by atoms with E-state index in [9.17, 15) is 13.2 Å². The molecule has 1 amide bonds. The lowest BCUT2D eigenvalue weighted by Gasteiger charge is -2.36. The number of hydrogen-bond donors (Lipinski definition) is 1. The Morgan fingerprint density at radius 3 is 2.69 bits per heavy atom. The first kappa shape index (κ1) is 24.7. The molecule has 1 aromatic carbocycles. The Morgan fingerprint density at radius 2 is 1.97 bits per heavy atom. The Hall–Kier alpha value is -1.98. The summed E-state index contributed by atoms with van der Waals surface area (Å²) in [6.07, 6.45) is 4.05. The van der Waals surface area contributed by atoms with Gasteiger partial charge in [0.1, 0.15) is 15.5 Å². The van der Waals surface area contributed by atoms with Crippen molar-refractivity contribution in [2.75, 3.05) is 13.1 Å². The molecule has 1 N–H and O–H groups in total. The van der Waals surface area contributed by atoms with Crippen LogP contribution in [0.15, 0.2) is 51.8 Å². The van der Waals surface area contributed by atoms with Crippen molar-refractivity contribution in [3.8, 4) is 0 Å². The lowest BCUT2D eigenvalue weighted by atomic mass is 9.87. The minimum atomic E-state index is -3.58. The zero-order valence-electron chi connectivity index (χ0n) is 19.2. The molecule has 2 aromatic rings. The number of oxime groups is 1. The minimum absolute atomic E-state index is 0.0322. The fraction of sp³-hybridized carbons (Fsp3) is 0.500. The number of ether oxygens (including phenoxy) is 1. The zero-order valence-corrected chi connectivity index (χ0v) is 21.6. The number of hydrogen-bond acceptors (Lipinski definition) is 7. The Labute approximate surface area is 214 Å². The largest absolute Gasteiger partial charge is 0.388 e. The Kier molecular flexibility index (Phi) is 7.18. The first-order valence-electron chi connectivity index (χ1n) is 11.8. The molecule has 1 saturated carbocycles. The molecule has 0 bridgehead atoms. The average Bonchev–Trinajstić information content (AvgIpc) is 3.60. The molecule has 188 valence electrons. The van der Waals surface area contributed by atoms with Crippen LogP contribution in [0.2, 0.25) is 4.34 Å². The molecule has 1 spiro atoms. The van der Waals surface area contributed by atoms with Gasteiger partial charge in [0.25, 0.3) is 15.9 Å². The summed E-state index contributed by atoms with van der Waals surface area (Å²) in [4.78, 5) is 18.7. The van der Waals surface area contributed by atoms with Crippen LogP contribution in [-0.2, 0) is 31.0 Å². The predicted octanol–water partition coefficient (Wildman–Crippen LogP) is 3.96. The van der Waals surface area contributed by atoms with E-state index in [1.807, 2.05) is 30.3 Å². The lowest BCUT2D eigenvalue weighted by Crippen LogP contribution is -2.48. The topological polar surface area (TPSA) is 97.3 Å². The summed E-state index contributed by atoms with van der Waals surface area (Å²) >= 11 is 6.97. The molecule has 11 heteroatoms. The molecule has 8 nitrogen and oxygen atoms in total. The van der Waals surface area contributed by atoms with Gasteiger partial charge in [-0.2, -0.15) is 4.31 Å². The molecular weight excluding hydrogens is 510 g/mol. The standard InChI is InChI=1S/C24H28ClN3O5S2/c25-21-9-10-22(34-21)35(30,31)28-13-11-24(12-14-28)15-19(27-33-24)23(29)26-18-7-4-8-20(18)32-16-17-5-2-1-3-6-17/h1-3,5-6,9-10,18,20H,4,7-8,11-16H2,(H,26,29). The summed E-state index contributed by atoms with van der Waals surface area (Å²) in [6.45, 7) is 1.13. The summed E-state index contributed by atoms with van der Waals surface area (Å²) in [6, 6.07) is 13.1. The molecule has 0 radical (unpaired) electrons. The lowest BCUT2D eigenvalue weighted by molar-refractivity contribution is -0.116. The highest BCUT2D eigenvalue weighted by molar-refractivity contribution is 7.91. The highest BCUT2D eigenvalue weighted by Gasteiger charge is 2.46.